The van der Waals surface area contributed by atoms with Gasteiger partial charge in [-0.25, -0.2) is 0 Å². The lowest BCUT2D eigenvalue weighted by Gasteiger charge is -2.29. The molecule has 118 valence electrons. The summed E-state index contributed by atoms with van der Waals surface area (Å²) < 4.78 is 11.7. The van der Waals surface area contributed by atoms with Crippen molar-refractivity contribution in [1.82, 2.24) is 4.98 Å². The Bertz CT molecular complexity index is 656. The minimum absolute atomic E-state index is 0.0239. The van der Waals surface area contributed by atoms with Crippen LogP contribution in [-0.4, -0.2) is 30.6 Å². The number of fused-ring (bicyclic) bond motifs is 1. The Morgan fingerprint density at radius 1 is 1.50 bits per heavy atom. The van der Waals surface area contributed by atoms with Gasteiger partial charge in [0.1, 0.15) is 5.52 Å². The van der Waals surface area contributed by atoms with Gasteiger partial charge in [0, 0.05) is 17.6 Å². The molecular formula is C15H16BrClN2O3. The molecule has 0 N–H and O–H groups in total. The largest absolute Gasteiger partial charge is 0.466 e. The van der Waals surface area contributed by atoms with Crippen LogP contribution in [0.25, 0.3) is 11.1 Å². The van der Waals surface area contributed by atoms with Crippen LogP contribution < -0.4 is 4.90 Å². The Morgan fingerprint density at radius 2 is 2.23 bits per heavy atom. The van der Waals surface area contributed by atoms with Gasteiger partial charge in [0.15, 0.2) is 5.58 Å². The van der Waals surface area contributed by atoms with Crippen molar-refractivity contribution in [3.8, 4) is 0 Å². The van der Waals surface area contributed by atoms with Crippen molar-refractivity contribution in [3.05, 3.63) is 21.6 Å². The van der Waals surface area contributed by atoms with Crippen LogP contribution in [0.1, 0.15) is 19.8 Å². The maximum absolute atomic E-state index is 11.8. The number of anilines is 1. The molecule has 1 aliphatic rings. The molecule has 0 radical (unpaired) electrons. The van der Waals surface area contributed by atoms with E-state index in [1.807, 2.05) is 13.0 Å². The third kappa shape index (κ3) is 3.08. The quantitative estimate of drug-likeness (QED) is 0.744. The minimum atomic E-state index is -0.101. The molecule has 0 spiro atoms. The lowest BCUT2D eigenvalue weighted by Crippen LogP contribution is -2.37. The summed E-state index contributed by atoms with van der Waals surface area (Å²) in [7, 11) is 0. The summed E-state index contributed by atoms with van der Waals surface area (Å²) in [6, 6.07) is 4.17. The SMILES string of the molecule is CCOC(=O)C1CCN(c2nc3cc(Cl)c(Br)cc3o2)CC1. The summed E-state index contributed by atoms with van der Waals surface area (Å²) in [6.45, 7) is 3.71. The molecule has 0 unspecified atom stereocenters. The van der Waals surface area contributed by atoms with Crippen molar-refractivity contribution >= 4 is 50.6 Å². The first kappa shape index (κ1) is 15.6. The van der Waals surface area contributed by atoms with Gasteiger partial charge < -0.3 is 14.1 Å². The number of esters is 1. The van der Waals surface area contributed by atoms with Crippen LogP contribution in [0.15, 0.2) is 21.0 Å². The van der Waals surface area contributed by atoms with Crippen molar-refractivity contribution in [2.75, 3.05) is 24.6 Å². The molecule has 2 aromatic rings. The first-order valence-corrected chi connectivity index (χ1v) is 8.42. The van der Waals surface area contributed by atoms with Crippen molar-refractivity contribution < 1.29 is 13.9 Å². The van der Waals surface area contributed by atoms with E-state index in [2.05, 4.69) is 25.8 Å². The number of carbonyl (C=O) groups is 1. The van der Waals surface area contributed by atoms with Gasteiger partial charge in [-0.1, -0.05) is 11.6 Å². The molecule has 0 bridgehead atoms. The first-order valence-electron chi connectivity index (χ1n) is 7.25. The molecule has 0 aliphatic carbocycles. The van der Waals surface area contributed by atoms with E-state index in [9.17, 15) is 4.79 Å². The number of hydrogen-bond donors (Lipinski definition) is 0. The maximum Gasteiger partial charge on any atom is 0.309 e. The second kappa shape index (κ2) is 6.46. The van der Waals surface area contributed by atoms with Gasteiger partial charge in [-0.15, -0.1) is 0 Å². The summed E-state index contributed by atoms with van der Waals surface area (Å²) in [5, 5.41) is 0.605. The summed E-state index contributed by atoms with van der Waals surface area (Å²) >= 11 is 9.45. The van der Waals surface area contributed by atoms with E-state index in [1.54, 1.807) is 6.07 Å². The highest BCUT2D eigenvalue weighted by Crippen LogP contribution is 2.32. The minimum Gasteiger partial charge on any atom is -0.466 e. The fraction of sp³-hybridized carbons (Fsp3) is 0.467. The van der Waals surface area contributed by atoms with Gasteiger partial charge in [0.05, 0.1) is 17.5 Å². The molecule has 0 atom stereocenters. The van der Waals surface area contributed by atoms with Crippen LogP contribution in [0.2, 0.25) is 5.02 Å². The number of benzene rings is 1. The number of rotatable bonds is 3. The van der Waals surface area contributed by atoms with Crippen LogP contribution >= 0.6 is 27.5 Å². The van der Waals surface area contributed by atoms with Gasteiger partial charge >= 0.3 is 5.97 Å². The fourth-order valence-electron chi connectivity index (χ4n) is 2.61. The number of halogens is 2. The summed E-state index contributed by atoms with van der Waals surface area (Å²) in [5.41, 5.74) is 1.43. The average Bonchev–Trinajstić information content (AvgIpc) is 2.91. The highest BCUT2D eigenvalue weighted by Gasteiger charge is 2.28. The summed E-state index contributed by atoms with van der Waals surface area (Å²) in [4.78, 5) is 18.3. The zero-order valence-corrected chi connectivity index (χ0v) is 14.5. The van der Waals surface area contributed by atoms with Gasteiger partial charge in [-0.2, -0.15) is 4.98 Å². The Labute approximate surface area is 141 Å². The zero-order chi connectivity index (χ0) is 15.7. The summed E-state index contributed by atoms with van der Waals surface area (Å²) in [6.07, 6.45) is 1.50. The van der Waals surface area contributed by atoms with E-state index in [0.717, 1.165) is 35.9 Å². The molecule has 1 aromatic heterocycles. The van der Waals surface area contributed by atoms with Gasteiger partial charge in [0.2, 0.25) is 0 Å². The predicted molar refractivity (Wildman–Crippen MR) is 88.3 cm³/mol. The second-order valence-corrected chi connectivity index (χ2v) is 6.51. The van der Waals surface area contributed by atoms with Crippen LogP contribution in [0.3, 0.4) is 0 Å². The summed E-state index contributed by atoms with van der Waals surface area (Å²) in [5.74, 6) is -0.125. The van der Waals surface area contributed by atoms with E-state index < -0.39 is 0 Å². The molecule has 0 saturated carbocycles. The van der Waals surface area contributed by atoms with Crippen LogP contribution in [-0.2, 0) is 9.53 Å². The molecule has 1 aliphatic heterocycles. The molecular weight excluding hydrogens is 372 g/mol. The lowest BCUT2D eigenvalue weighted by molar-refractivity contribution is -0.148. The molecule has 1 aromatic carbocycles. The number of piperidine rings is 1. The molecule has 22 heavy (non-hydrogen) atoms. The van der Waals surface area contributed by atoms with E-state index in [-0.39, 0.29) is 11.9 Å². The maximum atomic E-state index is 11.8. The predicted octanol–water partition coefficient (Wildman–Crippen LogP) is 4.02. The highest BCUT2D eigenvalue weighted by atomic mass is 79.9. The van der Waals surface area contributed by atoms with Crippen molar-refractivity contribution in [2.24, 2.45) is 5.92 Å². The molecule has 1 fully saturated rings. The van der Waals surface area contributed by atoms with E-state index in [4.69, 9.17) is 20.8 Å². The van der Waals surface area contributed by atoms with Crippen LogP contribution in [0, 0.1) is 5.92 Å². The second-order valence-electron chi connectivity index (χ2n) is 5.24. The van der Waals surface area contributed by atoms with Crippen molar-refractivity contribution in [1.29, 1.82) is 0 Å². The number of nitrogens with zero attached hydrogens (tertiary/aromatic N) is 2. The Hall–Kier alpha value is -1.27. The monoisotopic (exact) mass is 386 g/mol. The fourth-order valence-corrected chi connectivity index (χ4v) is 3.09. The van der Waals surface area contributed by atoms with Crippen LogP contribution in [0.4, 0.5) is 6.01 Å². The Morgan fingerprint density at radius 3 is 2.91 bits per heavy atom. The van der Waals surface area contributed by atoms with Crippen molar-refractivity contribution in [2.45, 2.75) is 19.8 Å². The first-order chi connectivity index (χ1) is 10.6. The van der Waals surface area contributed by atoms with Gasteiger partial charge in [-0.05, 0) is 47.8 Å². The molecule has 0 amide bonds. The number of oxazole rings is 1. The smallest absolute Gasteiger partial charge is 0.309 e. The lowest BCUT2D eigenvalue weighted by atomic mass is 9.97. The van der Waals surface area contributed by atoms with Gasteiger partial charge in [0.25, 0.3) is 6.01 Å². The topological polar surface area (TPSA) is 55.6 Å². The van der Waals surface area contributed by atoms with Gasteiger partial charge in [-0.3, -0.25) is 4.79 Å². The molecule has 2 heterocycles. The highest BCUT2D eigenvalue weighted by molar-refractivity contribution is 9.10. The number of aromatic nitrogens is 1. The third-order valence-electron chi connectivity index (χ3n) is 3.80. The molecule has 3 rings (SSSR count). The van der Waals surface area contributed by atoms with E-state index >= 15 is 0 Å². The standard InChI is InChI=1S/C15H16BrClN2O3/c1-2-21-14(20)9-3-5-19(6-4-9)15-18-12-8-11(17)10(16)7-13(12)22-15/h7-9H,2-6H2,1H3. The normalized spacial score (nSPS) is 16.2. The number of hydrogen-bond acceptors (Lipinski definition) is 5. The molecule has 1 saturated heterocycles. The number of carbonyl (C=O) groups excluding carboxylic acids is 1. The third-order valence-corrected chi connectivity index (χ3v) is 5.00. The zero-order valence-electron chi connectivity index (χ0n) is 12.1. The van der Waals surface area contributed by atoms with Crippen molar-refractivity contribution in [3.63, 3.8) is 0 Å². The Balaban J connectivity index is 1.72. The van der Waals surface area contributed by atoms with E-state index in [0.29, 0.717) is 23.2 Å². The average molecular weight is 388 g/mol. The van der Waals surface area contributed by atoms with Crippen LogP contribution in [0.5, 0.6) is 0 Å². The Kier molecular flexibility index (Phi) is 4.59. The molecule has 5 nitrogen and oxygen atoms in total. The number of ether oxygens (including phenoxy) is 1. The molecule has 7 heteroatoms. The van der Waals surface area contributed by atoms with E-state index in [1.165, 1.54) is 0 Å².